The Morgan fingerprint density at radius 1 is 1.09 bits per heavy atom. The molecular weight excluding hydrogens is 400 g/mol. The van der Waals surface area contributed by atoms with Gasteiger partial charge in [-0.05, 0) is 90.7 Å². The minimum absolute atomic E-state index is 0.0384. The molecule has 2 aliphatic rings. The number of nitrogens with zero attached hydrogens (tertiary/aromatic N) is 5. The van der Waals surface area contributed by atoms with Gasteiger partial charge in [-0.2, -0.15) is 0 Å². The quantitative estimate of drug-likeness (QED) is 0.644. The Hall–Kier alpha value is -2.54. The van der Waals surface area contributed by atoms with Crippen molar-refractivity contribution in [3.05, 3.63) is 51.6 Å². The third-order valence-corrected chi connectivity index (χ3v) is 7.51. The molecule has 7 heteroatoms. The highest BCUT2D eigenvalue weighted by Gasteiger charge is 2.34. The van der Waals surface area contributed by atoms with Gasteiger partial charge in [0, 0.05) is 11.1 Å². The molecule has 2 fully saturated rings. The number of benzene rings is 1. The van der Waals surface area contributed by atoms with Crippen LogP contribution in [0, 0.1) is 5.92 Å². The number of aryl methyl sites for hydroxylation is 1. The lowest BCUT2D eigenvalue weighted by Crippen LogP contribution is -2.40. The third-order valence-electron chi connectivity index (χ3n) is 7.51. The summed E-state index contributed by atoms with van der Waals surface area (Å²) >= 11 is 0. The number of pyridine rings is 1. The van der Waals surface area contributed by atoms with Gasteiger partial charge in [-0.3, -0.25) is 9.69 Å². The van der Waals surface area contributed by atoms with Crippen molar-refractivity contribution in [1.82, 2.24) is 30.1 Å². The monoisotopic (exact) mass is 434 g/mol. The molecule has 0 spiro atoms. The highest BCUT2D eigenvalue weighted by molar-refractivity contribution is 5.80. The van der Waals surface area contributed by atoms with Gasteiger partial charge in [0.2, 0.25) is 0 Å². The van der Waals surface area contributed by atoms with E-state index in [0.717, 1.165) is 67.5 Å². The highest BCUT2D eigenvalue weighted by atomic mass is 16.1. The van der Waals surface area contributed by atoms with E-state index >= 15 is 0 Å². The summed E-state index contributed by atoms with van der Waals surface area (Å²) in [6, 6.07) is 8.47. The molecule has 0 radical (unpaired) electrons. The molecular formula is C25H34N6O. The summed E-state index contributed by atoms with van der Waals surface area (Å²) in [6.07, 6.45) is 9.16. The largest absolute Gasteiger partial charge is 0.322 e. The Kier molecular flexibility index (Phi) is 6.09. The average Bonchev–Trinajstić information content (AvgIpc) is 3.30. The maximum Gasteiger partial charge on any atom is 0.253 e. The molecule has 32 heavy (non-hydrogen) atoms. The second-order valence-electron chi connectivity index (χ2n) is 9.72. The van der Waals surface area contributed by atoms with Gasteiger partial charge < -0.3 is 4.98 Å². The van der Waals surface area contributed by atoms with Crippen LogP contribution in [-0.2, 0) is 6.42 Å². The van der Waals surface area contributed by atoms with E-state index in [1.54, 1.807) is 0 Å². The molecule has 0 unspecified atom stereocenters. The number of fused-ring (bicyclic) bond motifs is 1. The first-order valence-corrected chi connectivity index (χ1v) is 12.3. The standard InChI is InChI=1S/C25H34N6O/c1-3-18-9-10-22-19(15-18)16-21(25(32)26-22)23(30-13-11-17(2)12-14-30)24-27-28-29-31(24)20-7-5-4-6-8-20/h9-10,15-17,20,23H,3-8,11-14H2,1-2H3,(H,26,32)/t23-/m0/s1. The number of rotatable bonds is 5. The van der Waals surface area contributed by atoms with Gasteiger partial charge in [0.25, 0.3) is 5.56 Å². The van der Waals surface area contributed by atoms with Crippen LogP contribution >= 0.6 is 0 Å². The van der Waals surface area contributed by atoms with E-state index in [-0.39, 0.29) is 11.6 Å². The highest BCUT2D eigenvalue weighted by Crippen LogP contribution is 2.34. The van der Waals surface area contributed by atoms with Gasteiger partial charge in [0.1, 0.15) is 6.04 Å². The van der Waals surface area contributed by atoms with E-state index < -0.39 is 0 Å². The van der Waals surface area contributed by atoms with Gasteiger partial charge >= 0.3 is 0 Å². The Morgan fingerprint density at radius 3 is 2.62 bits per heavy atom. The van der Waals surface area contributed by atoms with E-state index in [1.165, 1.54) is 24.8 Å². The van der Waals surface area contributed by atoms with Crippen LogP contribution in [0.4, 0.5) is 0 Å². The summed E-state index contributed by atoms with van der Waals surface area (Å²) in [7, 11) is 0. The zero-order chi connectivity index (χ0) is 22.1. The number of aromatic nitrogens is 5. The second-order valence-corrected chi connectivity index (χ2v) is 9.72. The van der Waals surface area contributed by atoms with Crippen molar-refractivity contribution in [3.63, 3.8) is 0 Å². The number of hydrogen-bond acceptors (Lipinski definition) is 5. The van der Waals surface area contributed by atoms with Gasteiger partial charge in [-0.1, -0.05) is 39.2 Å². The van der Waals surface area contributed by atoms with Crippen LogP contribution in [-0.4, -0.2) is 43.2 Å². The van der Waals surface area contributed by atoms with Crippen molar-refractivity contribution in [2.75, 3.05) is 13.1 Å². The Bertz CT molecular complexity index is 1120. The molecule has 0 amide bonds. The fraction of sp³-hybridized carbons (Fsp3) is 0.600. The minimum atomic E-state index is -0.224. The number of tetrazole rings is 1. The number of likely N-dealkylation sites (tertiary alicyclic amines) is 1. The topological polar surface area (TPSA) is 79.7 Å². The smallest absolute Gasteiger partial charge is 0.253 e. The summed E-state index contributed by atoms with van der Waals surface area (Å²) in [5.41, 5.74) is 2.87. The first-order valence-electron chi connectivity index (χ1n) is 12.3. The zero-order valence-electron chi connectivity index (χ0n) is 19.3. The predicted octanol–water partition coefficient (Wildman–Crippen LogP) is 4.40. The van der Waals surface area contributed by atoms with Crippen molar-refractivity contribution < 1.29 is 0 Å². The van der Waals surface area contributed by atoms with Gasteiger partial charge in [-0.25, -0.2) is 4.68 Å². The van der Waals surface area contributed by atoms with Crippen LogP contribution in [0.3, 0.4) is 0 Å². The molecule has 1 aliphatic heterocycles. The van der Waals surface area contributed by atoms with E-state index in [2.05, 4.69) is 57.5 Å². The molecule has 1 aliphatic carbocycles. The molecule has 5 rings (SSSR count). The molecule has 170 valence electrons. The first-order chi connectivity index (χ1) is 15.6. The lowest BCUT2D eigenvalue weighted by atomic mass is 9.93. The molecule has 1 atom stereocenters. The zero-order valence-corrected chi connectivity index (χ0v) is 19.3. The number of piperidine rings is 1. The average molecular weight is 435 g/mol. The van der Waals surface area contributed by atoms with E-state index in [1.807, 2.05) is 10.7 Å². The summed E-state index contributed by atoms with van der Waals surface area (Å²) < 4.78 is 2.04. The normalized spacial score (nSPS) is 20.1. The van der Waals surface area contributed by atoms with Crippen molar-refractivity contribution in [2.45, 2.75) is 77.3 Å². The van der Waals surface area contributed by atoms with Crippen LogP contribution in [0.1, 0.15) is 87.8 Å². The number of aromatic amines is 1. The SMILES string of the molecule is CCc1ccc2[nH]c(=O)c([C@@H](c3nnnn3C3CCCCC3)N3CCC(C)CC3)cc2c1. The Morgan fingerprint density at radius 2 is 1.88 bits per heavy atom. The Labute approximate surface area is 189 Å². The lowest BCUT2D eigenvalue weighted by molar-refractivity contribution is 0.146. The predicted molar refractivity (Wildman–Crippen MR) is 126 cm³/mol. The molecule has 3 heterocycles. The maximum atomic E-state index is 13.4. The van der Waals surface area contributed by atoms with E-state index in [9.17, 15) is 4.79 Å². The van der Waals surface area contributed by atoms with Crippen LogP contribution in [0.2, 0.25) is 0 Å². The van der Waals surface area contributed by atoms with E-state index in [4.69, 9.17) is 0 Å². The minimum Gasteiger partial charge on any atom is -0.322 e. The van der Waals surface area contributed by atoms with Gasteiger partial charge in [-0.15, -0.1) is 5.10 Å². The van der Waals surface area contributed by atoms with E-state index in [0.29, 0.717) is 12.0 Å². The molecule has 3 aromatic rings. The molecule has 7 nitrogen and oxygen atoms in total. The first kappa shape index (κ1) is 21.3. The van der Waals surface area contributed by atoms with Gasteiger partial charge in [0.15, 0.2) is 5.82 Å². The van der Waals surface area contributed by atoms with Crippen molar-refractivity contribution in [1.29, 1.82) is 0 Å². The van der Waals surface area contributed by atoms with Crippen LogP contribution in [0.25, 0.3) is 10.9 Å². The number of nitrogens with one attached hydrogen (secondary N) is 1. The molecule has 1 saturated carbocycles. The second kappa shape index (κ2) is 9.14. The molecule has 1 saturated heterocycles. The van der Waals surface area contributed by atoms with Gasteiger partial charge in [0.05, 0.1) is 6.04 Å². The summed E-state index contributed by atoms with van der Waals surface area (Å²) in [5.74, 6) is 1.53. The summed E-state index contributed by atoms with van der Waals surface area (Å²) in [6.45, 7) is 6.38. The fourth-order valence-corrected chi connectivity index (χ4v) is 5.45. The number of hydrogen-bond donors (Lipinski definition) is 1. The molecule has 1 aromatic carbocycles. The van der Waals surface area contributed by atoms with Crippen molar-refractivity contribution >= 4 is 10.9 Å². The van der Waals surface area contributed by atoms with Crippen LogP contribution in [0.5, 0.6) is 0 Å². The van der Waals surface area contributed by atoms with Crippen molar-refractivity contribution in [2.24, 2.45) is 5.92 Å². The summed E-state index contributed by atoms with van der Waals surface area (Å²) in [5, 5.41) is 14.1. The summed E-state index contributed by atoms with van der Waals surface area (Å²) in [4.78, 5) is 18.9. The fourth-order valence-electron chi connectivity index (χ4n) is 5.45. The lowest BCUT2D eigenvalue weighted by Gasteiger charge is -2.36. The molecule has 2 aromatic heterocycles. The van der Waals surface area contributed by atoms with Crippen LogP contribution in [0.15, 0.2) is 29.1 Å². The molecule has 1 N–H and O–H groups in total. The number of H-pyrrole nitrogens is 1. The van der Waals surface area contributed by atoms with Crippen molar-refractivity contribution in [3.8, 4) is 0 Å². The molecule has 0 bridgehead atoms. The maximum absolute atomic E-state index is 13.4. The third kappa shape index (κ3) is 4.10. The Balaban J connectivity index is 1.62. The van der Waals surface area contributed by atoms with Crippen LogP contribution < -0.4 is 5.56 Å².